The van der Waals surface area contributed by atoms with Crippen LogP contribution in [0.4, 0.5) is 0 Å². The van der Waals surface area contributed by atoms with Crippen LogP contribution < -0.4 is 9.47 Å². The first-order valence-electron chi connectivity index (χ1n) is 7.79. The first kappa shape index (κ1) is 16.5. The van der Waals surface area contributed by atoms with Gasteiger partial charge in [0.15, 0.2) is 17.3 Å². The zero-order chi connectivity index (χ0) is 15.6. The van der Waals surface area contributed by atoms with Crippen molar-refractivity contribution in [2.75, 3.05) is 6.79 Å². The third-order valence-corrected chi connectivity index (χ3v) is 4.18. The summed E-state index contributed by atoms with van der Waals surface area (Å²) in [7, 11) is 0. The highest BCUT2D eigenvalue weighted by molar-refractivity contribution is 8.93. The molecule has 2 aliphatic heterocycles. The highest BCUT2D eigenvalue weighted by Gasteiger charge is 2.18. The molecule has 2 aliphatic rings. The van der Waals surface area contributed by atoms with Crippen LogP contribution in [0.15, 0.2) is 18.2 Å². The lowest BCUT2D eigenvalue weighted by molar-refractivity contribution is 0.174. The van der Waals surface area contributed by atoms with Gasteiger partial charge in [-0.25, -0.2) is 0 Å². The van der Waals surface area contributed by atoms with Gasteiger partial charge in [0, 0.05) is 13.0 Å². The molecule has 0 atom stereocenters. The fourth-order valence-electron chi connectivity index (χ4n) is 3.00. The molecular weight excluding hydrogens is 372 g/mol. The van der Waals surface area contributed by atoms with E-state index in [1.807, 2.05) is 24.3 Å². The van der Waals surface area contributed by atoms with Crippen LogP contribution in [0.5, 0.6) is 11.5 Å². The number of nitriles is 1. The summed E-state index contributed by atoms with van der Waals surface area (Å²) in [5, 5.41) is 18.1. The Balaban J connectivity index is 0.00000169. The van der Waals surface area contributed by atoms with Crippen molar-refractivity contribution in [2.45, 2.75) is 32.2 Å². The van der Waals surface area contributed by atoms with Crippen molar-refractivity contribution in [3.63, 3.8) is 0 Å². The number of allylic oxidation sites excluding steroid dienone is 1. The summed E-state index contributed by atoms with van der Waals surface area (Å²) in [6, 6.07) is 7.89. The second kappa shape index (κ2) is 7.05. The van der Waals surface area contributed by atoms with E-state index in [0.29, 0.717) is 17.1 Å². The lowest BCUT2D eigenvalue weighted by atomic mass is 10.1. The fraction of sp³-hybridized carbons (Fsp3) is 0.353. The number of hydrogen-bond acceptors (Lipinski definition) is 5. The average molecular weight is 389 g/mol. The van der Waals surface area contributed by atoms with Crippen LogP contribution >= 0.6 is 17.0 Å². The maximum absolute atomic E-state index is 9.57. The molecule has 0 unspecified atom stereocenters. The van der Waals surface area contributed by atoms with Gasteiger partial charge in [0.25, 0.3) is 0 Å². The standard InChI is InChI=1S/C17H16N4O2.BrH/c18-10-13(8-12-5-6-14-15(9-12)23-11-22-14)17-20-19-16-4-2-1-3-7-21(16)17;/h5-6,8-9H,1-4,7,11H2;1H/b13-8-;. The molecule has 0 bridgehead atoms. The predicted octanol–water partition coefficient (Wildman–Crippen LogP) is 3.38. The van der Waals surface area contributed by atoms with Gasteiger partial charge in [-0.1, -0.05) is 12.5 Å². The number of nitrogens with zero attached hydrogens (tertiary/aromatic N) is 4. The van der Waals surface area contributed by atoms with E-state index in [0.717, 1.165) is 42.9 Å². The van der Waals surface area contributed by atoms with E-state index in [4.69, 9.17) is 9.47 Å². The number of fused-ring (bicyclic) bond motifs is 2. The van der Waals surface area contributed by atoms with E-state index in [1.54, 1.807) is 0 Å². The molecule has 0 radical (unpaired) electrons. The Bertz CT molecular complexity index is 822. The molecule has 0 aliphatic carbocycles. The van der Waals surface area contributed by atoms with Gasteiger partial charge in [-0.15, -0.1) is 27.2 Å². The van der Waals surface area contributed by atoms with Gasteiger partial charge < -0.3 is 14.0 Å². The molecule has 0 fully saturated rings. The molecule has 1 aromatic carbocycles. The summed E-state index contributed by atoms with van der Waals surface area (Å²) >= 11 is 0. The van der Waals surface area contributed by atoms with Gasteiger partial charge in [0.1, 0.15) is 11.9 Å². The number of aryl methyl sites for hydroxylation is 1. The maximum atomic E-state index is 9.57. The molecule has 4 rings (SSSR count). The molecule has 124 valence electrons. The Labute approximate surface area is 150 Å². The van der Waals surface area contributed by atoms with Crippen molar-refractivity contribution in [3.8, 4) is 17.6 Å². The van der Waals surface area contributed by atoms with Crippen LogP contribution in [0.25, 0.3) is 11.6 Å². The summed E-state index contributed by atoms with van der Waals surface area (Å²) < 4.78 is 12.8. The van der Waals surface area contributed by atoms with Gasteiger partial charge in [0.2, 0.25) is 6.79 Å². The Hall–Kier alpha value is -2.33. The monoisotopic (exact) mass is 388 g/mol. The highest BCUT2D eigenvalue weighted by Crippen LogP contribution is 2.33. The van der Waals surface area contributed by atoms with Crippen molar-refractivity contribution in [1.29, 1.82) is 5.26 Å². The lowest BCUT2D eigenvalue weighted by Crippen LogP contribution is -2.05. The van der Waals surface area contributed by atoms with E-state index in [9.17, 15) is 5.26 Å². The maximum Gasteiger partial charge on any atom is 0.231 e. The fourth-order valence-corrected chi connectivity index (χ4v) is 3.00. The number of aromatic nitrogens is 3. The van der Waals surface area contributed by atoms with Crippen LogP contribution in [0.3, 0.4) is 0 Å². The molecule has 0 amide bonds. The zero-order valence-corrected chi connectivity index (χ0v) is 14.8. The van der Waals surface area contributed by atoms with Gasteiger partial charge >= 0.3 is 0 Å². The number of benzene rings is 1. The van der Waals surface area contributed by atoms with Crippen LogP contribution in [0.2, 0.25) is 0 Å². The van der Waals surface area contributed by atoms with Crippen molar-refractivity contribution in [3.05, 3.63) is 35.4 Å². The molecule has 0 N–H and O–H groups in total. The smallest absolute Gasteiger partial charge is 0.231 e. The first-order valence-corrected chi connectivity index (χ1v) is 7.79. The third-order valence-electron chi connectivity index (χ3n) is 4.18. The number of hydrogen-bond donors (Lipinski definition) is 0. The van der Waals surface area contributed by atoms with E-state index in [1.165, 1.54) is 6.42 Å². The van der Waals surface area contributed by atoms with E-state index in [2.05, 4.69) is 20.8 Å². The molecule has 7 heteroatoms. The first-order chi connectivity index (χ1) is 11.3. The summed E-state index contributed by atoms with van der Waals surface area (Å²) in [4.78, 5) is 0. The summed E-state index contributed by atoms with van der Waals surface area (Å²) in [5.41, 5.74) is 1.40. The Morgan fingerprint density at radius 2 is 2.04 bits per heavy atom. The van der Waals surface area contributed by atoms with E-state index < -0.39 is 0 Å². The quantitative estimate of drug-likeness (QED) is 0.737. The molecule has 24 heavy (non-hydrogen) atoms. The van der Waals surface area contributed by atoms with Gasteiger partial charge in [0.05, 0.1) is 5.57 Å². The average Bonchev–Trinajstić information content (AvgIpc) is 3.13. The molecule has 3 heterocycles. The minimum Gasteiger partial charge on any atom is -0.454 e. The van der Waals surface area contributed by atoms with Crippen LogP contribution in [-0.2, 0) is 13.0 Å². The molecule has 6 nitrogen and oxygen atoms in total. The number of rotatable bonds is 2. The second-order valence-electron chi connectivity index (χ2n) is 5.68. The lowest BCUT2D eigenvalue weighted by Gasteiger charge is -2.06. The number of halogens is 1. The normalized spacial score (nSPS) is 15.9. The predicted molar refractivity (Wildman–Crippen MR) is 93.9 cm³/mol. The van der Waals surface area contributed by atoms with E-state index >= 15 is 0 Å². The van der Waals surface area contributed by atoms with Gasteiger partial charge in [-0.05, 0) is 36.6 Å². The Kier molecular flexibility index (Phi) is 4.86. The van der Waals surface area contributed by atoms with Crippen molar-refractivity contribution in [1.82, 2.24) is 14.8 Å². The summed E-state index contributed by atoms with van der Waals surface area (Å²) in [5.74, 6) is 3.07. The van der Waals surface area contributed by atoms with Gasteiger partial charge in [-0.3, -0.25) is 0 Å². The minimum absolute atomic E-state index is 0. The van der Waals surface area contributed by atoms with Crippen molar-refractivity contribution < 1.29 is 9.47 Å². The minimum atomic E-state index is 0. The summed E-state index contributed by atoms with van der Waals surface area (Å²) in [6.07, 6.45) is 6.17. The largest absolute Gasteiger partial charge is 0.454 e. The second-order valence-corrected chi connectivity index (χ2v) is 5.68. The molecule has 1 aromatic heterocycles. The molecule has 2 aromatic rings. The Morgan fingerprint density at radius 3 is 2.92 bits per heavy atom. The molecule has 0 saturated heterocycles. The molecule has 0 saturated carbocycles. The topological polar surface area (TPSA) is 73.0 Å². The van der Waals surface area contributed by atoms with Crippen LogP contribution in [0, 0.1) is 11.3 Å². The Morgan fingerprint density at radius 1 is 1.17 bits per heavy atom. The van der Waals surface area contributed by atoms with Crippen LogP contribution in [-0.4, -0.2) is 21.6 Å². The SMILES string of the molecule is Br.N#C/C(=C/c1ccc2c(c1)OCO2)c1nnc2n1CCCCC2. The highest BCUT2D eigenvalue weighted by atomic mass is 79.9. The van der Waals surface area contributed by atoms with Gasteiger partial charge in [-0.2, -0.15) is 5.26 Å². The number of ether oxygens (including phenoxy) is 2. The van der Waals surface area contributed by atoms with Crippen molar-refractivity contribution >= 4 is 28.6 Å². The van der Waals surface area contributed by atoms with Crippen LogP contribution in [0.1, 0.15) is 36.5 Å². The molecular formula is C17H17BrN4O2. The summed E-state index contributed by atoms with van der Waals surface area (Å²) in [6.45, 7) is 1.11. The molecule has 0 spiro atoms. The zero-order valence-electron chi connectivity index (χ0n) is 13.1. The van der Waals surface area contributed by atoms with Crippen molar-refractivity contribution in [2.24, 2.45) is 0 Å². The third kappa shape index (κ3) is 3.02. The van der Waals surface area contributed by atoms with E-state index in [-0.39, 0.29) is 23.8 Å².